The van der Waals surface area contributed by atoms with Gasteiger partial charge in [-0.3, -0.25) is 9.55 Å². The van der Waals surface area contributed by atoms with Crippen molar-refractivity contribution in [3.05, 3.63) is 223 Å². The van der Waals surface area contributed by atoms with E-state index in [0.29, 0.717) is 11.4 Å². The molecule has 0 aliphatic carbocycles. The highest BCUT2D eigenvalue weighted by Crippen LogP contribution is 2.46. The van der Waals surface area contributed by atoms with Crippen molar-refractivity contribution in [1.82, 2.24) is 19.1 Å². The van der Waals surface area contributed by atoms with Crippen molar-refractivity contribution in [3.63, 3.8) is 0 Å². The van der Waals surface area contributed by atoms with Gasteiger partial charge in [-0.05, 0) is 93.2 Å². The lowest BCUT2D eigenvalue weighted by Gasteiger charge is -2.27. The Kier molecular flexibility index (Phi) is 10.7. The van der Waals surface area contributed by atoms with E-state index in [1.165, 1.54) is 10.9 Å². The van der Waals surface area contributed by atoms with Gasteiger partial charge in [-0.25, -0.2) is 4.98 Å². The van der Waals surface area contributed by atoms with Crippen LogP contribution >= 0.6 is 0 Å². The maximum Gasteiger partial charge on any atom is 0.149 e. The lowest BCUT2D eigenvalue weighted by Crippen LogP contribution is -2.19. The molecular weight excluding hydrogens is 853 g/mol. The van der Waals surface area contributed by atoms with E-state index in [1.54, 1.807) is 0 Å². The van der Waals surface area contributed by atoms with Gasteiger partial charge in [0.25, 0.3) is 0 Å². The Hall–Kier alpha value is -8.02. The molecule has 0 bridgehead atoms. The Bertz CT molecular complexity index is 3750. The monoisotopic (exact) mass is 910 g/mol. The number of rotatable bonds is 8. The van der Waals surface area contributed by atoms with Crippen LogP contribution in [-0.4, -0.2) is 24.2 Å². The molecule has 0 aliphatic heterocycles. The summed E-state index contributed by atoms with van der Waals surface area (Å²) in [6.45, 7) is 17.8. The molecule has 8 aromatic carbocycles. The van der Waals surface area contributed by atoms with E-state index >= 15 is 0 Å². The van der Waals surface area contributed by atoms with Crippen molar-refractivity contribution in [1.29, 1.82) is 0 Å². The van der Waals surface area contributed by atoms with E-state index < -0.39 is 0 Å². The molecule has 0 spiro atoms. The van der Waals surface area contributed by atoms with Crippen LogP contribution in [0.2, 0.25) is 0 Å². The first-order valence-corrected chi connectivity index (χ1v) is 24.4. The second-order valence-corrected chi connectivity index (χ2v) is 21.3. The number of nitrogens with zero attached hydrogens (tertiary/aromatic N) is 4. The maximum atomic E-state index is 12.6. The molecule has 0 unspecified atom stereocenters. The Morgan fingerprint density at radius 1 is 0.429 bits per heavy atom. The number of hydrogen-bond acceptors (Lipinski definition) is 3. The van der Waals surface area contributed by atoms with Crippen molar-refractivity contribution >= 4 is 32.8 Å². The largest absolute Gasteiger partial charge is 0.507 e. The summed E-state index contributed by atoms with van der Waals surface area (Å²) in [4.78, 5) is 11.0. The molecule has 0 radical (unpaired) electrons. The molecule has 11 rings (SSSR count). The van der Waals surface area contributed by atoms with E-state index in [2.05, 4.69) is 259 Å². The second kappa shape index (κ2) is 16.9. The number of phenols is 1. The Balaban J connectivity index is 1.21. The fraction of sp³-hybridized carbons (Fsp3) is 0.169. The topological polar surface area (TPSA) is 55.9 Å². The normalized spacial score (nSPS) is 12.3. The van der Waals surface area contributed by atoms with E-state index in [1.807, 2.05) is 6.20 Å². The van der Waals surface area contributed by atoms with Gasteiger partial charge in [-0.2, -0.15) is 0 Å². The van der Waals surface area contributed by atoms with Crippen molar-refractivity contribution < 1.29 is 5.11 Å². The number of imidazole rings is 1. The third kappa shape index (κ3) is 7.67. The highest BCUT2D eigenvalue weighted by atomic mass is 16.3. The third-order valence-electron chi connectivity index (χ3n) is 14.3. The molecule has 0 saturated carbocycles. The number of aromatic hydroxyl groups is 1. The SMILES string of the molecule is CC(C)(C)c1cc(-c2nc3c(-c4cc(-c5cc6c(cn5)c5ccccc5n6-c5ccccc5)cc(C(C)(C)c5ccccc5)c4)cccc3n2-c2ccccc2-c2ccccc2)c(O)c(C(C)(C)C)c1. The van der Waals surface area contributed by atoms with Gasteiger partial charge in [-0.1, -0.05) is 195 Å². The molecule has 0 amide bonds. The number of hydrogen-bond donors (Lipinski definition) is 1. The number of fused-ring (bicyclic) bond motifs is 4. The zero-order valence-electron chi connectivity index (χ0n) is 41.3. The maximum absolute atomic E-state index is 12.6. The lowest BCUT2D eigenvalue weighted by molar-refractivity contribution is 0.446. The van der Waals surface area contributed by atoms with E-state index in [4.69, 9.17) is 9.97 Å². The number of aromatic nitrogens is 4. The first-order valence-electron chi connectivity index (χ1n) is 24.4. The zero-order chi connectivity index (χ0) is 48.5. The summed E-state index contributed by atoms with van der Waals surface area (Å²) >= 11 is 0. The lowest BCUT2D eigenvalue weighted by atomic mass is 9.76. The van der Waals surface area contributed by atoms with Gasteiger partial charge < -0.3 is 9.67 Å². The Morgan fingerprint density at radius 2 is 1.06 bits per heavy atom. The minimum atomic E-state index is -0.370. The third-order valence-corrected chi connectivity index (χ3v) is 14.3. The van der Waals surface area contributed by atoms with Gasteiger partial charge in [0.1, 0.15) is 11.6 Å². The Labute approximate surface area is 411 Å². The van der Waals surface area contributed by atoms with Crippen LogP contribution in [-0.2, 0) is 16.2 Å². The summed E-state index contributed by atoms with van der Waals surface area (Å²) in [6, 6.07) is 69.1. The average Bonchev–Trinajstić information content (AvgIpc) is 3.92. The minimum Gasteiger partial charge on any atom is -0.507 e. The zero-order valence-corrected chi connectivity index (χ0v) is 41.3. The van der Waals surface area contributed by atoms with Gasteiger partial charge in [-0.15, -0.1) is 0 Å². The summed E-state index contributed by atoms with van der Waals surface area (Å²) < 4.78 is 4.62. The molecule has 5 heteroatoms. The molecule has 0 atom stereocenters. The van der Waals surface area contributed by atoms with Gasteiger partial charge in [0, 0.05) is 50.3 Å². The molecule has 344 valence electrons. The molecule has 1 N–H and O–H groups in total. The summed E-state index contributed by atoms with van der Waals surface area (Å²) in [5.74, 6) is 0.931. The molecule has 0 saturated heterocycles. The molecular formula is C65H58N4O. The molecule has 70 heavy (non-hydrogen) atoms. The number of phenolic OH excluding ortho intramolecular Hbond substituents is 1. The predicted octanol–water partition coefficient (Wildman–Crippen LogP) is 16.8. The van der Waals surface area contributed by atoms with E-state index in [9.17, 15) is 5.11 Å². The highest BCUT2D eigenvalue weighted by Gasteiger charge is 2.30. The highest BCUT2D eigenvalue weighted by molar-refractivity contribution is 6.09. The van der Waals surface area contributed by atoms with Crippen LogP contribution in [0.15, 0.2) is 200 Å². The summed E-state index contributed by atoms with van der Waals surface area (Å²) in [6.07, 6.45) is 2.05. The molecule has 11 aromatic rings. The van der Waals surface area contributed by atoms with Crippen LogP contribution in [0.25, 0.3) is 89.1 Å². The van der Waals surface area contributed by atoms with Crippen molar-refractivity contribution in [3.8, 4) is 62.0 Å². The quantitative estimate of drug-likeness (QED) is 0.165. The van der Waals surface area contributed by atoms with Crippen LogP contribution in [0.3, 0.4) is 0 Å². The van der Waals surface area contributed by atoms with E-state index in [-0.39, 0.29) is 22.0 Å². The van der Waals surface area contributed by atoms with Crippen LogP contribution in [0.1, 0.15) is 77.6 Å². The fourth-order valence-electron chi connectivity index (χ4n) is 10.3. The average molecular weight is 911 g/mol. The number of pyridine rings is 1. The van der Waals surface area contributed by atoms with Crippen molar-refractivity contribution in [2.75, 3.05) is 0 Å². The molecule has 5 nitrogen and oxygen atoms in total. The van der Waals surface area contributed by atoms with E-state index in [0.717, 1.165) is 89.0 Å². The first-order chi connectivity index (χ1) is 33.7. The first kappa shape index (κ1) is 44.5. The van der Waals surface area contributed by atoms with Gasteiger partial charge in [0.2, 0.25) is 0 Å². The smallest absolute Gasteiger partial charge is 0.149 e. The second-order valence-electron chi connectivity index (χ2n) is 21.3. The number of benzene rings is 8. The van der Waals surface area contributed by atoms with Crippen LogP contribution in [0.4, 0.5) is 0 Å². The molecule has 0 aliphatic rings. The fourth-order valence-corrected chi connectivity index (χ4v) is 10.3. The van der Waals surface area contributed by atoms with Crippen molar-refractivity contribution in [2.24, 2.45) is 0 Å². The summed E-state index contributed by atoms with van der Waals surface area (Å²) in [5.41, 5.74) is 16.4. The molecule has 0 fully saturated rings. The summed E-state index contributed by atoms with van der Waals surface area (Å²) in [7, 11) is 0. The van der Waals surface area contributed by atoms with Gasteiger partial charge in [0.05, 0.1) is 39.0 Å². The molecule has 3 aromatic heterocycles. The van der Waals surface area contributed by atoms with Crippen molar-refractivity contribution in [2.45, 2.75) is 71.6 Å². The van der Waals surface area contributed by atoms with Crippen LogP contribution in [0, 0.1) is 0 Å². The Morgan fingerprint density at radius 3 is 1.79 bits per heavy atom. The van der Waals surface area contributed by atoms with Crippen LogP contribution < -0.4 is 0 Å². The predicted molar refractivity (Wildman–Crippen MR) is 293 cm³/mol. The minimum absolute atomic E-state index is 0.193. The van der Waals surface area contributed by atoms with Gasteiger partial charge >= 0.3 is 0 Å². The number of para-hydroxylation sites is 4. The van der Waals surface area contributed by atoms with Gasteiger partial charge in [0.15, 0.2) is 0 Å². The standard InChI is InChI=1S/C65H58N4O/c1-63(2,3)46-38-52(61(70)54(39-46)64(4,5)6)62-67-60-50(31-22-34-58(60)69(62)56-32-20-18-29-49(56)42-23-12-9-13-24-42)43-35-44(37-47(36-43)65(7,8)45-25-14-10-15-26-45)55-40-59-53(41-66-55)51-30-19-21-33-57(51)68(59)48-27-16-11-17-28-48/h9-41,70H,1-8H3. The molecule has 3 heterocycles. The summed E-state index contributed by atoms with van der Waals surface area (Å²) in [5, 5.41) is 14.9. The van der Waals surface area contributed by atoms with Crippen LogP contribution in [0.5, 0.6) is 5.75 Å².